The van der Waals surface area contributed by atoms with Gasteiger partial charge in [-0.2, -0.15) is 0 Å². The van der Waals surface area contributed by atoms with Crippen LogP contribution >= 0.6 is 0 Å². The van der Waals surface area contributed by atoms with E-state index in [4.69, 9.17) is 0 Å². The number of carbonyl (C=O) groups excluding carboxylic acids is 1. The van der Waals surface area contributed by atoms with Gasteiger partial charge in [0.15, 0.2) is 0 Å². The van der Waals surface area contributed by atoms with E-state index in [1.807, 2.05) is 42.5 Å². The van der Waals surface area contributed by atoms with Crippen LogP contribution in [0.4, 0.5) is 5.95 Å². The Hall–Kier alpha value is -3.47. The second kappa shape index (κ2) is 10.5. The molecule has 158 valence electrons. The number of nitrogens with one attached hydrogen (secondary N) is 2. The monoisotopic (exact) mass is 412 g/mol. The van der Waals surface area contributed by atoms with Gasteiger partial charge in [0.25, 0.3) is 5.91 Å². The molecule has 31 heavy (non-hydrogen) atoms. The van der Waals surface area contributed by atoms with Crippen molar-refractivity contribution in [2.75, 3.05) is 11.9 Å². The number of anilines is 1. The second-order valence-electron chi connectivity index (χ2n) is 7.83. The molecule has 0 spiro atoms. The van der Waals surface area contributed by atoms with Gasteiger partial charge in [0.2, 0.25) is 5.95 Å². The molecule has 2 N–H and O–H groups in total. The third-order valence-corrected chi connectivity index (χ3v) is 5.54. The first-order chi connectivity index (χ1) is 15.3. The van der Waals surface area contributed by atoms with Gasteiger partial charge in [0, 0.05) is 36.6 Å². The summed E-state index contributed by atoms with van der Waals surface area (Å²) in [7, 11) is 0. The van der Waals surface area contributed by atoms with Gasteiger partial charge in [-0.25, -0.2) is 9.97 Å². The summed E-state index contributed by atoms with van der Waals surface area (Å²) >= 11 is 0. The minimum atomic E-state index is -0.0281. The van der Waals surface area contributed by atoms with E-state index in [-0.39, 0.29) is 5.91 Å². The Kier molecular flexibility index (Phi) is 7.06. The van der Waals surface area contributed by atoms with Crippen LogP contribution in [0.3, 0.4) is 0 Å². The molecular formula is C26H28N4O. The maximum absolute atomic E-state index is 12.4. The molecule has 4 rings (SSSR count). The summed E-state index contributed by atoms with van der Waals surface area (Å²) in [5.74, 6) is 0.566. The first kappa shape index (κ1) is 20.8. The second-order valence-corrected chi connectivity index (χ2v) is 7.83. The highest BCUT2D eigenvalue weighted by molar-refractivity contribution is 5.94. The number of amides is 1. The molecule has 5 heteroatoms. The topological polar surface area (TPSA) is 66.9 Å². The lowest BCUT2D eigenvalue weighted by atomic mass is 9.97. The fourth-order valence-corrected chi connectivity index (χ4v) is 3.73. The molecule has 1 amide bonds. The van der Waals surface area contributed by atoms with E-state index < -0.39 is 0 Å². The van der Waals surface area contributed by atoms with Gasteiger partial charge in [-0.05, 0) is 55.4 Å². The molecule has 0 bridgehead atoms. The van der Waals surface area contributed by atoms with Crippen molar-refractivity contribution in [3.05, 3.63) is 89.8 Å². The van der Waals surface area contributed by atoms with E-state index in [2.05, 4.69) is 38.8 Å². The molecule has 1 aliphatic carbocycles. The van der Waals surface area contributed by atoms with Crippen LogP contribution in [0.15, 0.2) is 78.6 Å². The van der Waals surface area contributed by atoms with Crippen molar-refractivity contribution in [2.24, 2.45) is 0 Å². The molecule has 0 radical (unpaired) electrons. The highest BCUT2D eigenvalue weighted by Crippen LogP contribution is 2.20. The Morgan fingerprint density at radius 2 is 1.68 bits per heavy atom. The standard InChI is InChI=1S/C26H28N4O/c31-25(27-16-15-20-7-3-1-4-8-20)23-13-11-22(12-14-23)24-18-29-26(30-19-24)28-17-21-9-5-2-6-10-21/h2,5-7,9-14,18-19H,1,3-4,8,15-17H2,(H,27,31)(H,28,29,30). The molecule has 3 aromatic rings. The Morgan fingerprint density at radius 3 is 2.39 bits per heavy atom. The van der Waals surface area contributed by atoms with Crippen LogP contribution in [0.1, 0.15) is 48.0 Å². The molecular weight excluding hydrogens is 384 g/mol. The van der Waals surface area contributed by atoms with E-state index in [1.54, 1.807) is 12.4 Å². The van der Waals surface area contributed by atoms with E-state index >= 15 is 0 Å². The largest absolute Gasteiger partial charge is 0.352 e. The fourth-order valence-electron chi connectivity index (χ4n) is 3.73. The smallest absolute Gasteiger partial charge is 0.251 e. The van der Waals surface area contributed by atoms with Crippen molar-refractivity contribution in [1.29, 1.82) is 0 Å². The number of carbonyl (C=O) groups is 1. The molecule has 0 saturated heterocycles. The van der Waals surface area contributed by atoms with Crippen molar-refractivity contribution >= 4 is 11.9 Å². The summed E-state index contributed by atoms with van der Waals surface area (Å²) in [6.45, 7) is 1.37. The number of hydrogen-bond acceptors (Lipinski definition) is 4. The number of allylic oxidation sites excluding steroid dienone is 1. The van der Waals surface area contributed by atoms with Crippen molar-refractivity contribution < 1.29 is 4.79 Å². The number of benzene rings is 2. The van der Waals surface area contributed by atoms with Gasteiger partial charge >= 0.3 is 0 Å². The van der Waals surface area contributed by atoms with Crippen LogP contribution in [0.5, 0.6) is 0 Å². The molecule has 2 aromatic carbocycles. The van der Waals surface area contributed by atoms with Crippen LogP contribution in [-0.4, -0.2) is 22.4 Å². The highest BCUT2D eigenvalue weighted by atomic mass is 16.1. The van der Waals surface area contributed by atoms with Gasteiger partial charge in [0.05, 0.1) is 0 Å². The predicted octanol–water partition coefficient (Wildman–Crippen LogP) is 5.38. The van der Waals surface area contributed by atoms with Crippen LogP contribution < -0.4 is 10.6 Å². The summed E-state index contributed by atoms with van der Waals surface area (Å²) in [4.78, 5) is 21.2. The lowest BCUT2D eigenvalue weighted by Gasteiger charge is -2.13. The molecule has 0 aliphatic heterocycles. The molecule has 0 atom stereocenters. The van der Waals surface area contributed by atoms with Gasteiger partial charge in [-0.15, -0.1) is 0 Å². The normalized spacial score (nSPS) is 13.4. The van der Waals surface area contributed by atoms with Gasteiger partial charge in [-0.3, -0.25) is 4.79 Å². The van der Waals surface area contributed by atoms with Gasteiger partial charge in [0.1, 0.15) is 0 Å². The Morgan fingerprint density at radius 1 is 0.903 bits per heavy atom. The van der Waals surface area contributed by atoms with Gasteiger partial charge in [-0.1, -0.05) is 54.1 Å². The average molecular weight is 413 g/mol. The van der Waals surface area contributed by atoms with Crippen LogP contribution in [-0.2, 0) is 6.54 Å². The summed E-state index contributed by atoms with van der Waals surface area (Å²) in [5, 5.41) is 6.26. The first-order valence-corrected chi connectivity index (χ1v) is 10.9. The molecule has 1 aliphatic rings. The zero-order chi connectivity index (χ0) is 21.3. The zero-order valence-electron chi connectivity index (χ0n) is 17.7. The van der Waals surface area contributed by atoms with Crippen LogP contribution in [0.2, 0.25) is 0 Å². The minimum absolute atomic E-state index is 0.0281. The van der Waals surface area contributed by atoms with E-state index in [0.717, 1.165) is 17.5 Å². The quantitative estimate of drug-likeness (QED) is 0.488. The van der Waals surface area contributed by atoms with Crippen molar-refractivity contribution in [3.8, 4) is 11.1 Å². The Balaban J connectivity index is 1.29. The third kappa shape index (κ3) is 6.01. The fraction of sp³-hybridized carbons (Fsp3) is 0.269. The molecule has 0 saturated carbocycles. The summed E-state index contributed by atoms with van der Waals surface area (Å²) in [5.41, 5.74) is 5.23. The summed E-state index contributed by atoms with van der Waals surface area (Å²) < 4.78 is 0. The number of rotatable bonds is 8. The number of hydrogen-bond donors (Lipinski definition) is 2. The predicted molar refractivity (Wildman–Crippen MR) is 125 cm³/mol. The zero-order valence-corrected chi connectivity index (χ0v) is 17.7. The highest BCUT2D eigenvalue weighted by Gasteiger charge is 2.08. The SMILES string of the molecule is O=C(NCCC1=CCCCC1)c1ccc(-c2cnc(NCc3ccccc3)nc2)cc1. The molecule has 0 fully saturated rings. The van der Waals surface area contributed by atoms with Crippen molar-refractivity contribution in [3.63, 3.8) is 0 Å². The molecule has 1 heterocycles. The van der Waals surface area contributed by atoms with Crippen molar-refractivity contribution in [2.45, 2.75) is 38.6 Å². The van der Waals surface area contributed by atoms with Crippen LogP contribution in [0.25, 0.3) is 11.1 Å². The van der Waals surface area contributed by atoms with E-state index in [0.29, 0.717) is 24.6 Å². The minimum Gasteiger partial charge on any atom is -0.352 e. The summed E-state index contributed by atoms with van der Waals surface area (Å²) in [6, 6.07) is 17.7. The third-order valence-electron chi connectivity index (χ3n) is 5.54. The van der Waals surface area contributed by atoms with Crippen molar-refractivity contribution in [1.82, 2.24) is 15.3 Å². The molecule has 0 unspecified atom stereocenters. The molecule has 1 aromatic heterocycles. The Bertz CT molecular complexity index is 1010. The Labute approximate surface area is 183 Å². The summed E-state index contributed by atoms with van der Waals surface area (Å²) in [6.07, 6.45) is 11.8. The van der Waals surface area contributed by atoms with E-state index in [9.17, 15) is 4.79 Å². The van der Waals surface area contributed by atoms with Gasteiger partial charge < -0.3 is 10.6 Å². The number of nitrogens with zero attached hydrogens (tertiary/aromatic N) is 2. The lowest BCUT2D eigenvalue weighted by molar-refractivity contribution is 0.0954. The van der Waals surface area contributed by atoms with E-state index in [1.165, 1.54) is 36.8 Å². The van der Waals surface area contributed by atoms with Crippen LogP contribution in [0, 0.1) is 0 Å². The number of aromatic nitrogens is 2. The molecule has 5 nitrogen and oxygen atoms in total. The maximum Gasteiger partial charge on any atom is 0.251 e. The average Bonchev–Trinajstić information content (AvgIpc) is 2.84. The lowest BCUT2D eigenvalue weighted by Crippen LogP contribution is -2.24. The first-order valence-electron chi connectivity index (χ1n) is 10.9. The maximum atomic E-state index is 12.4.